The minimum Gasteiger partial charge on any atom is -0.386 e. The summed E-state index contributed by atoms with van der Waals surface area (Å²) in [5, 5.41) is 12.8. The van der Waals surface area contributed by atoms with Gasteiger partial charge in [-0.3, -0.25) is 9.36 Å². The fraction of sp³-hybridized carbons (Fsp3) is 0.333. The highest BCUT2D eigenvalue weighted by Crippen LogP contribution is 2.17. The number of carbonyl (C=O) groups excluding carboxylic acids is 1. The smallest absolute Gasteiger partial charge is 0.270 e. The molecule has 0 bridgehead atoms. The summed E-state index contributed by atoms with van der Waals surface area (Å²) < 4.78 is 19.7. The molecular weight excluding hydrogens is 289 g/mol. The number of aliphatic hydroxyl groups is 1. The van der Waals surface area contributed by atoms with Crippen LogP contribution in [0.15, 0.2) is 36.8 Å². The van der Waals surface area contributed by atoms with Gasteiger partial charge in [0.1, 0.15) is 17.1 Å². The van der Waals surface area contributed by atoms with Crippen LogP contribution in [0.2, 0.25) is 0 Å². The highest BCUT2D eigenvalue weighted by atomic mass is 19.1. The third kappa shape index (κ3) is 3.00. The van der Waals surface area contributed by atoms with Crippen LogP contribution in [0.3, 0.4) is 0 Å². The minimum atomic E-state index is -1.02. The molecule has 1 aromatic carbocycles. The summed E-state index contributed by atoms with van der Waals surface area (Å²) in [5.74, 6) is -0.708. The highest BCUT2D eigenvalue weighted by molar-refractivity contribution is 5.93. The summed E-state index contributed by atoms with van der Waals surface area (Å²) in [6, 6.07) is 5.75. The van der Waals surface area contributed by atoms with Crippen molar-refractivity contribution in [2.75, 3.05) is 19.8 Å². The van der Waals surface area contributed by atoms with E-state index in [4.69, 9.17) is 4.74 Å². The number of hydrogen-bond donors (Lipinski definition) is 2. The van der Waals surface area contributed by atoms with Crippen LogP contribution in [-0.2, 0) is 4.74 Å². The lowest BCUT2D eigenvalue weighted by atomic mass is 10.0. The Hall–Kier alpha value is -2.25. The van der Waals surface area contributed by atoms with Crippen molar-refractivity contribution < 1.29 is 19.0 Å². The third-order valence-electron chi connectivity index (χ3n) is 3.64. The van der Waals surface area contributed by atoms with Crippen LogP contribution in [0, 0.1) is 5.82 Å². The van der Waals surface area contributed by atoms with E-state index in [1.807, 2.05) is 0 Å². The molecule has 22 heavy (non-hydrogen) atoms. The van der Waals surface area contributed by atoms with Gasteiger partial charge in [-0.1, -0.05) is 0 Å². The van der Waals surface area contributed by atoms with Gasteiger partial charge >= 0.3 is 0 Å². The molecule has 2 heterocycles. The maximum absolute atomic E-state index is 13.0. The van der Waals surface area contributed by atoms with Gasteiger partial charge in [0.05, 0.1) is 19.1 Å². The maximum atomic E-state index is 13.0. The lowest BCUT2D eigenvalue weighted by molar-refractivity contribution is 0.0264. The second kappa shape index (κ2) is 5.86. The van der Waals surface area contributed by atoms with Crippen molar-refractivity contribution in [1.29, 1.82) is 0 Å². The first-order valence-electron chi connectivity index (χ1n) is 6.94. The molecule has 116 valence electrons. The Morgan fingerprint density at radius 1 is 1.45 bits per heavy atom. The molecule has 1 amide bonds. The molecule has 2 aromatic rings. The Bertz CT molecular complexity index is 663. The lowest BCUT2D eigenvalue weighted by Gasteiger charge is -2.20. The molecule has 0 aliphatic carbocycles. The summed E-state index contributed by atoms with van der Waals surface area (Å²) >= 11 is 0. The van der Waals surface area contributed by atoms with Crippen molar-refractivity contribution in [2.45, 2.75) is 12.0 Å². The predicted octanol–water partition coefficient (Wildman–Crippen LogP) is 0.893. The molecule has 0 radical (unpaired) electrons. The molecule has 7 heteroatoms. The third-order valence-corrected chi connectivity index (χ3v) is 3.64. The fourth-order valence-electron chi connectivity index (χ4n) is 2.34. The SMILES string of the molecule is O=C(NCC1(O)CCOC1)c1cncn1-c1ccc(F)cc1. The average molecular weight is 305 g/mol. The second-order valence-corrected chi connectivity index (χ2v) is 5.33. The van der Waals surface area contributed by atoms with Gasteiger partial charge in [-0.15, -0.1) is 0 Å². The number of imidazole rings is 1. The number of halogens is 1. The summed E-state index contributed by atoms with van der Waals surface area (Å²) in [7, 11) is 0. The van der Waals surface area contributed by atoms with Crippen LogP contribution < -0.4 is 5.32 Å². The molecular formula is C15H16FN3O3. The Labute approximate surface area is 126 Å². The Morgan fingerprint density at radius 2 is 2.23 bits per heavy atom. The van der Waals surface area contributed by atoms with Crippen LogP contribution in [0.1, 0.15) is 16.9 Å². The normalized spacial score (nSPS) is 21.0. The summed E-state index contributed by atoms with van der Waals surface area (Å²) in [6.07, 6.45) is 3.40. The number of amides is 1. The number of benzene rings is 1. The number of rotatable bonds is 4. The number of carbonyl (C=O) groups is 1. The van der Waals surface area contributed by atoms with Crippen LogP contribution in [0.25, 0.3) is 5.69 Å². The first-order valence-corrected chi connectivity index (χ1v) is 6.94. The van der Waals surface area contributed by atoms with Gasteiger partial charge < -0.3 is 15.2 Å². The van der Waals surface area contributed by atoms with Gasteiger partial charge in [-0.25, -0.2) is 9.37 Å². The zero-order chi connectivity index (χ0) is 15.6. The van der Waals surface area contributed by atoms with Crippen molar-refractivity contribution >= 4 is 5.91 Å². The standard InChI is InChI=1S/C15H16FN3O3/c16-11-1-3-12(4-2-11)19-10-17-7-13(19)14(20)18-8-15(21)5-6-22-9-15/h1-4,7,10,21H,5-6,8-9H2,(H,18,20). The molecule has 6 nitrogen and oxygen atoms in total. The van der Waals surface area contributed by atoms with E-state index >= 15 is 0 Å². The fourth-order valence-corrected chi connectivity index (χ4v) is 2.34. The van der Waals surface area contributed by atoms with Crippen molar-refractivity contribution in [3.63, 3.8) is 0 Å². The number of aromatic nitrogens is 2. The summed E-state index contributed by atoms with van der Waals surface area (Å²) in [6.45, 7) is 0.810. The average Bonchev–Trinajstić information content (AvgIpc) is 3.15. The van der Waals surface area contributed by atoms with Gasteiger partial charge in [-0.2, -0.15) is 0 Å². The molecule has 1 aliphatic rings. The summed E-state index contributed by atoms with van der Waals surface area (Å²) in [5.41, 5.74) is -0.0720. The molecule has 0 saturated carbocycles. The van der Waals surface area contributed by atoms with E-state index in [1.165, 1.54) is 24.7 Å². The minimum absolute atomic E-state index is 0.112. The first-order chi connectivity index (χ1) is 10.6. The van der Waals surface area contributed by atoms with Gasteiger partial charge in [-0.05, 0) is 24.3 Å². The molecule has 1 saturated heterocycles. The van der Waals surface area contributed by atoms with E-state index < -0.39 is 5.60 Å². The lowest BCUT2D eigenvalue weighted by Crippen LogP contribution is -2.43. The molecule has 1 aromatic heterocycles. The molecule has 1 unspecified atom stereocenters. The van der Waals surface area contributed by atoms with Crippen molar-refractivity contribution in [2.24, 2.45) is 0 Å². The van der Waals surface area contributed by atoms with Gasteiger partial charge in [0.15, 0.2) is 0 Å². The topological polar surface area (TPSA) is 76.4 Å². The number of nitrogens with one attached hydrogen (secondary N) is 1. The van der Waals surface area contributed by atoms with Crippen LogP contribution in [0.5, 0.6) is 0 Å². The van der Waals surface area contributed by atoms with E-state index in [0.29, 0.717) is 24.4 Å². The number of hydrogen-bond acceptors (Lipinski definition) is 4. The Kier molecular flexibility index (Phi) is 3.91. The van der Waals surface area contributed by atoms with E-state index in [9.17, 15) is 14.3 Å². The molecule has 1 fully saturated rings. The highest BCUT2D eigenvalue weighted by Gasteiger charge is 2.32. The zero-order valence-corrected chi connectivity index (χ0v) is 11.8. The number of ether oxygens (including phenoxy) is 1. The Balaban J connectivity index is 1.73. The van der Waals surface area contributed by atoms with E-state index in [1.54, 1.807) is 16.7 Å². The van der Waals surface area contributed by atoms with Crippen molar-refractivity contribution in [3.8, 4) is 5.69 Å². The van der Waals surface area contributed by atoms with E-state index in [0.717, 1.165) is 0 Å². The van der Waals surface area contributed by atoms with Crippen molar-refractivity contribution in [3.05, 3.63) is 48.3 Å². The summed E-state index contributed by atoms with van der Waals surface area (Å²) in [4.78, 5) is 16.2. The van der Waals surface area contributed by atoms with Gasteiger partial charge in [0.25, 0.3) is 5.91 Å². The van der Waals surface area contributed by atoms with Crippen LogP contribution in [0.4, 0.5) is 4.39 Å². The molecule has 1 aliphatic heterocycles. The molecule has 0 spiro atoms. The largest absolute Gasteiger partial charge is 0.386 e. The molecule has 2 N–H and O–H groups in total. The number of nitrogens with zero attached hydrogens (tertiary/aromatic N) is 2. The van der Waals surface area contributed by atoms with Crippen molar-refractivity contribution in [1.82, 2.24) is 14.9 Å². The van der Waals surface area contributed by atoms with Crippen LogP contribution >= 0.6 is 0 Å². The first kappa shape index (κ1) is 14.7. The van der Waals surface area contributed by atoms with E-state index in [-0.39, 0.29) is 24.9 Å². The van der Waals surface area contributed by atoms with Crippen LogP contribution in [-0.4, -0.2) is 45.9 Å². The molecule has 1 atom stereocenters. The molecule has 3 rings (SSSR count). The van der Waals surface area contributed by atoms with E-state index in [2.05, 4.69) is 10.3 Å². The second-order valence-electron chi connectivity index (χ2n) is 5.33. The Morgan fingerprint density at radius 3 is 2.91 bits per heavy atom. The van der Waals surface area contributed by atoms with Gasteiger partial charge in [0, 0.05) is 25.3 Å². The predicted molar refractivity (Wildman–Crippen MR) is 76.2 cm³/mol. The quantitative estimate of drug-likeness (QED) is 0.879. The zero-order valence-electron chi connectivity index (χ0n) is 11.8. The maximum Gasteiger partial charge on any atom is 0.270 e. The monoisotopic (exact) mass is 305 g/mol. The van der Waals surface area contributed by atoms with Gasteiger partial charge in [0.2, 0.25) is 0 Å².